The molecule has 1 aliphatic rings. The first-order valence-corrected chi connectivity index (χ1v) is 7.20. The Morgan fingerprint density at radius 3 is 3.11 bits per heavy atom. The third kappa shape index (κ3) is 2.53. The van der Waals surface area contributed by atoms with E-state index in [9.17, 15) is 0 Å². The molecule has 0 saturated heterocycles. The van der Waals surface area contributed by atoms with Gasteiger partial charge < -0.3 is 0 Å². The van der Waals surface area contributed by atoms with Gasteiger partial charge in [0.15, 0.2) is 0 Å². The van der Waals surface area contributed by atoms with E-state index in [1.54, 1.807) is 0 Å². The van der Waals surface area contributed by atoms with Gasteiger partial charge in [-0.15, -0.1) is 0 Å². The predicted molar refractivity (Wildman–Crippen MR) is 78.3 cm³/mol. The number of H-pyrrole nitrogens is 1. The highest BCUT2D eigenvalue weighted by Gasteiger charge is 2.22. The van der Waals surface area contributed by atoms with Crippen LogP contribution in [0.15, 0.2) is 24.3 Å². The van der Waals surface area contributed by atoms with Crippen LogP contribution in [0, 0.1) is 0 Å². The molecule has 3 rings (SSSR count). The molecule has 0 aliphatic carbocycles. The molecule has 2 aromatic rings. The van der Waals surface area contributed by atoms with E-state index in [4.69, 9.17) is 11.6 Å². The maximum absolute atomic E-state index is 6.07. The first-order valence-electron chi connectivity index (χ1n) is 6.82. The number of hydrogen-bond donors (Lipinski definition) is 1. The van der Waals surface area contributed by atoms with Crippen LogP contribution in [0.5, 0.6) is 0 Å². The Balaban J connectivity index is 1.95. The second-order valence-electron chi connectivity index (χ2n) is 5.07. The highest BCUT2D eigenvalue weighted by Crippen LogP contribution is 2.29. The van der Waals surface area contributed by atoms with E-state index in [1.165, 1.54) is 17.7 Å². The van der Waals surface area contributed by atoms with Gasteiger partial charge in [0.2, 0.25) is 0 Å². The fourth-order valence-corrected chi connectivity index (χ4v) is 2.92. The zero-order chi connectivity index (χ0) is 13.2. The summed E-state index contributed by atoms with van der Waals surface area (Å²) in [6, 6.07) is 7.93. The number of nitrogens with one attached hydrogen (secondary N) is 1. The van der Waals surface area contributed by atoms with Crippen LogP contribution >= 0.6 is 11.6 Å². The lowest BCUT2D eigenvalue weighted by Crippen LogP contribution is -2.31. The summed E-state index contributed by atoms with van der Waals surface area (Å²) in [5, 5.41) is 8.44. The van der Waals surface area contributed by atoms with Crippen LogP contribution in [0.25, 0.3) is 11.3 Å². The number of benzene rings is 1. The molecular formula is C15H18ClN3. The monoisotopic (exact) mass is 275 g/mol. The van der Waals surface area contributed by atoms with Crippen molar-refractivity contribution in [3.63, 3.8) is 0 Å². The summed E-state index contributed by atoms with van der Waals surface area (Å²) in [5.41, 5.74) is 4.77. The molecule has 4 heteroatoms. The van der Waals surface area contributed by atoms with E-state index < -0.39 is 0 Å². The molecule has 1 N–H and O–H groups in total. The van der Waals surface area contributed by atoms with E-state index >= 15 is 0 Å². The van der Waals surface area contributed by atoms with Crippen molar-refractivity contribution in [1.29, 1.82) is 0 Å². The molecule has 0 unspecified atom stereocenters. The van der Waals surface area contributed by atoms with Gasteiger partial charge in [0, 0.05) is 41.4 Å². The number of aromatic nitrogens is 2. The summed E-state index contributed by atoms with van der Waals surface area (Å²) in [6.45, 7) is 5.49. The third-order valence-corrected chi connectivity index (χ3v) is 3.89. The number of aromatic amines is 1. The molecule has 100 valence electrons. The van der Waals surface area contributed by atoms with Crippen molar-refractivity contribution in [2.75, 3.05) is 13.1 Å². The normalized spacial score (nSPS) is 15.5. The zero-order valence-electron chi connectivity index (χ0n) is 11.1. The molecule has 0 fully saturated rings. The Kier molecular flexibility index (Phi) is 3.58. The van der Waals surface area contributed by atoms with Crippen molar-refractivity contribution in [2.24, 2.45) is 0 Å². The summed E-state index contributed by atoms with van der Waals surface area (Å²) in [6.07, 6.45) is 2.25. The van der Waals surface area contributed by atoms with E-state index in [0.29, 0.717) is 0 Å². The van der Waals surface area contributed by atoms with Crippen molar-refractivity contribution < 1.29 is 0 Å². The Morgan fingerprint density at radius 1 is 1.42 bits per heavy atom. The van der Waals surface area contributed by atoms with E-state index in [2.05, 4.69) is 28.1 Å². The van der Waals surface area contributed by atoms with Gasteiger partial charge in [-0.25, -0.2) is 0 Å². The molecule has 0 saturated carbocycles. The Labute approximate surface area is 118 Å². The van der Waals surface area contributed by atoms with E-state index in [1.807, 2.05) is 18.2 Å². The largest absolute Gasteiger partial charge is 0.299 e. The van der Waals surface area contributed by atoms with Gasteiger partial charge in [-0.2, -0.15) is 5.10 Å². The van der Waals surface area contributed by atoms with Crippen molar-refractivity contribution in [1.82, 2.24) is 15.1 Å². The van der Waals surface area contributed by atoms with Crippen LogP contribution in [0.2, 0.25) is 5.02 Å². The van der Waals surface area contributed by atoms with Crippen molar-refractivity contribution in [3.05, 3.63) is 40.5 Å². The average molecular weight is 276 g/mol. The number of nitrogens with zero attached hydrogens (tertiary/aromatic N) is 2. The molecule has 0 amide bonds. The van der Waals surface area contributed by atoms with Crippen LogP contribution < -0.4 is 0 Å². The maximum Gasteiger partial charge on any atom is 0.0969 e. The van der Waals surface area contributed by atoms with Crippen molar-refractivity contribution >= 4 is 11.6 Å². The Morgan fingerprint density at radius 2 is 2.32 bits per heavy atom. The molecule has 0 radical (unpaired) electrons. The first kappa shape index (κ1) is 12.7. The van der Waals surface area contributed by atoms with Crippen LogP contribution in [0.1, 0.15) is 24.6 Å². The molecular weight excluding hydrogens is 258 g/mol. The third-order valence-electron chi connectivity index (χ3n) is 3.65. The Hall–Kier alpha value is -1.32. The molecule has 0 bridgehead atoms. The lowest BCUT2D eigenvalue weighted by atomic mass is 10.0. The quantitative estimate of drug-likeness (QED) is 0.930. The molecule has 0 spiro atoms. The highest BCUT2D eigenvalue weighted by atomic mass is 35.5. The summed E-state index contributed by atoms with van der Waals surface area (Å²) in [5.74, 6) is 0. The maximum atomic E-state index is 6.07. The van der Waals surface area contributed by atoms with Crippen molar-refractivity contribution in [2.45, 2.75) is 26.3 Å². The lowest BCUT2D eigenvalue weighted by Gasteiger charge is -2.26. The summed E-state index contributed by atoms with van der Waals surface area (Å²) in [7, 11) is 0. The zero-order valence-corrected chi connectivity index (χ0v) is 11.9. The summed E-state index contributed by atoms with van der Waals surface area (Å²) >= 11 is 6.07. The minimum atomic E-state index is 0.760. The topological polar surface area (TPSA) is 31.9 Å². The molecule has 0 atom stereocenters. The number of hydrogen-bond acceptors (Lipinski definition) is 2. The minimum absolute atomic E-state index is 0.760. The van der Waals surface area contributed by atoms with Gasteiger partial charge in [-0.05, 0) is 25.1 Å². The van der Waals surface area contributed by atoms with E-state index in [-0.39, 0.29) is 0 Å². The standard InChI is InChI=1S/C15H18ClN3/c1-2-7-19-8-6-14-13(10-19)15(18-17-14)11-4-3-5-12(16)9-11/h3-5,9H,2,6-8,10H2,1H3,(H,17,18). The van der Waals surface area contributed by atoms with Crippen LogP contribution in [0.4, 0.5) is 0 Å². The fourth-order valence-electron chi connectivity index (χ4n) is 2.73. The highest BCUT2D eigenvalue weighted by molar-refractivity contribution is 6.30. The van der Waals surface area contributed by atoms with Gasteiger partial charge >= 0.3 is 0 Å². The van der Waals surface area contributed by atoms with Gasteiger partial charge in [-0.1, -0.05) is 30.7 Å². The second kappa shape index (κ2) is 5.35. The molecule has 2 heterocycles. The van der Waals surface area contributed by atoms with E-state index in [0.717, 1.165) is 42.3 Å². The van der Waals surface area contributed by atoms with Crippen LogP contribution in [0.3, 0.4) is 0 Å². The van der Waals surface area contributed by atoms with Crippen LogP contribution in [-0.4, -0.2) is 28.2 Å². The second-order valence-corrected chi connectivity index (χ2v) is 5.50. The lowest BCUT2D eigenvalue weighted by molar-refractivity contribution is 0.254. The number of rotatable bonds is 3. The Bertz CT molecular complexity index is 577. The van der Waals surface area contributed by atoms with Gasteiger partial charge in [0.05, 0.1) is 5.69 Å². The van der Waals surface area contributed by atoms with Gasteiger partial charge in [0.1, 0.15) is 0 Å². The average Bonchev–Trinajstić information content (AvgIpc) is 2.82. The SMILES string of the molecule is CCCN1CCc2[nH]nc(-c3cccc(Cl)c3)c2C1. The van der Waals surface area contributed by atoms with Gasteiger partial charge in [-0.3, -0.25) is 10.00 Å². The predicted octanol–water partition coefficient (Wildman–Crippen LogP) is 3.50. The molecule has 1 aromatic carbocycles. The number of halogens is 1. The molecule has 19 heavy (non-hydrogen) atoms. The minimum Gasteiger partial charge on any atom is -0.299 e. The van der Waals surface area contributed by atoms with Gasteiger partial charge in [0.25, 0.3) is 0 Å². The van der Waals surface area contributed by atoms with Crippen LogP contribution in [-0.2, 0) is 13.0 Å². The summed E-state index contributed by atoms with van der Waals surface area (Å²) < 4.78 is 0. The number of fused-ring (bicyclic) bond motifs is 1. The molecule has 1 aliphatic heterocycles. The molecule has 1 aromatic heterocycles. The first-order chi connectivity index (χ1) is 9.28. The van der Waals surface area contributed by atoms with Crippen molar-refractivity contribution in [3.8, 4) is 11.3 Å². The fraction of sp³-hybridized carbons (Fsp3) is 0.400. The summed E-state index contributed by atoms with van der Waals surface area (Å²) in [4.78, 5) is 2.49. The molecule has 3 nitrogen and oxygen atoms in total. The smallest absolute Gasteiger partial charge is 0.0969 e.